The Morgan fingerprint density at radius 1 is 1.25 bits per heavy atom. The minimum atomic E-state index is 0.0197. The maximum atomic E-state index is 4.30. The summed E-state index contributed by atoms with van der Waals surface area (Å²) in [5.41, 5.74) is 2.11. The molecule has 3 heteroatoms. The van der Waals surface area contributed by atoms with Gasteiger partial charge in [0, 0.05) is 5.41 Å². The zero-order chi connectivity index (χ0) is 8.60. The van der Waals surface area contributed by atoms with Gasteiger partial charge in [-0.3, -0.25) is 0 Å². The Kier molecular flexibility index (Phi) is 1.61. The topological polar surface area (TPSA) is 25.8 Å². The normalized spacial score (nSPS) is 18.8. The number of hydrogen-bond donors (Lipinski definition) is 0. The largest absolute Gasteiger partial charge is 0.177 e. The molecule has 0 amide bonds. The van der Waals surface area contributed by atoms with Crippen LogP contribution in [0.3, 0.4) is 0 Å². The number of hydrogen-bond acceptors (Lipinski definition) is 3. The molecule has 0 N–H and O–H groups in total. The number of aromatic nitrogens is 2. The van der Waals surface area contributed by atoms with Gasteiger partial charge in [-0.1, -0.05) is 32.1 Å². The van der Waals surface area contributed by atoms with Crippen LogP contribution < -0.4 is 0 Å². The summed E-state index contributed by atoms with van der Waals surface area (Å²) < 4.78 is 8.51. The summed E-state index contributed by atoms with van der Waals surface area (Å²) in [6.07, 6.45) is 8.21. The first-order chi connectivity index (χ1) is 5.70. The van der Waals surface area contributed by atoms with Crippen LogP contribution in [0.15, 0.2) is 18.2 Å². The quantitative estimate of drug-likeness (QED) is 0.609. The molecule has 1 aromatic heterocycles. The molecule has 0 aromatic carbocycles. The van der Waals surface area contributed by atoms with Gasteiger partial charge in [0.05, 0.1) is 17.4 Å². The molecule has 0 spiro atoms. The van der Waals surface area contributed by atoms with E-state index in [2.05, 4.69) is 28.7 Å². The third-order valence-corrected chi connectivity index (χ3v) is 2.54. The lowest BCUT2D eigenvalue weighted by atomic mass is 9.88. The van der Waals surface area contributed by atoms with Gasteiger partial charge in [0.1, 0.15) is 5.69 Å². The van der Waals surface area contributed by atoms with Gasteiger partial charge >= 0.3 is 0 Å². The zero-order valence-corrected chi connectivity index (χ0v) is 7.93. The van der Waals surface area contributed by atoms with Crippen LogP contribution in [0.1, 0.15) is 25.2 Å². The molecule has 0 saturated carbocycles. The Hall–Kier alpha value is -0.960. The average molecular weight is 178 g/mol. The summed E-state index contributed by atoms with van der Waals surface area (Å²) in [5.74, 6) is 0. The molecule has 2 rings (SSSR count). The van der Waals surface area contributed by atoms with E-state index in [9.17, 15) is 0 Å². The molecular weight excluding hydrogens is 168 g/mol. The summed E-state index contributed by atoms with van der Waals surface area (Å²) in [5, 5.41) is 0. The molecule has 1 aromatic rings. The minimum absolute atomic E-state index is 0.0197. The van der Waals surface area contributed by atoms with Gasteiger partial charge in [0.2, 0.25) is 0 Å². The van der Waals surface area contributed by atoms with E-state index in [1.165, 1.54) is 11.7 Å². The Morgan fingerprint density at radius 2 is 2.08 bits per heavy atom. The van der Waals surface area contributed by atoms with Crippen molar-refractivity contribution in [1.82, 2.24) is 8.75 Å². The highest BCUT2D eigenvalue weighted by atomic mass is 32.1. The lowest BCUT2D eigenvalue weighted by Gasteiger charge is -2.16. The molecule has 0 unspecified atom stereocenters. The molecule has 2 nitrogen and oxygen atoms in total. The van der Waals surface area contributed by atoms with Gasteiger partial charge < -0.3 is 0 Å². The fourth-order valence-corrected chi connectivity index (χ4v) is 1.96. The van der Waals surface area contributed by atoms with Crippen LogP contribution in [0.5, 0.6) is 0 Å². The number of allylic oxidation sites excluding steroid dienone is 3. The van der Waals surface area contributed by atoms with Crippen molar-refractivity contribution in [2.24, 2.45) is 0 Å². The highest BCUT2D eigenvalue weighted by molar-refractivity contribution is 6.99. The van der Waals surface area contributed by atoms with Crippen LogP contribution in [-0.2, 0) is 5.41 Å². The molecule has 0 saturated heterocycles. The lowest BCUT2D eigenvalue weighted by Crippen LogP contribution is -2.14. The van der Waals surface area contributed by atoms with Crippen LogP contribution in [0.25, 0.3) is 6.08 Å². The zero-order valence-electron chi connectivity index (χ0n) is 7.11. The van der Waals surface area contributed by atoms with Crippen LogP contribution in [0.4, 0.5) is 0 Å². The molecule has 12 heavy (non-hydrogen) atoms. The average Bonchev–Trinajstić information content (AvgIpc) is 2.42. The van der Waals surface area contributed by atoms with E-state index in [0.717, 1.165) is 11.4 Å². The van der Waals surface area contributed by atoms with Gasteiger partial charge in [-0.15, -0.1) is 0 Å². The van der Waals surface area contributed by atoms with Crippen molar-refractivity contribution < 1.29 is 0 Å². The molecule has 0 radical (unpaired) electrons. The SMILES string of the molecule is CC1(C)C=CC=Cc2nsnc21. The van der Waals surface area contributed by atoms with Crippen molar-refractivity contribution in [1.29, 1.82) is 0 Å². The molecular formula is C9H10N2S. The van der Waals surface area contributed by atoms with E-state index in [1.807, 2.05) is 18.2 Å². The Labute approximate surface area is 76.0 Å². The van der Waals surface area contributed by atoms with Crippen LogP contribution >= 0.6 is 11.7 Å². The fraction of sp³-hybridized carbons (Fsp3) is 0.333. The van der Waals surface area contributed by atoms with E-state index in [1.54, 1.807) is 0 Å². The second-order valence-corrected chi connectivity index (χ2v) is 3.97. The third-order valence-electron chi connectivity index (χ3n) is 2.00. The molecule has 0 aliphatic heterocycles. The maximum absolute atomic E-state index is 4.30. The van der Waals surface area contributed by atoms with Crippen molar-refractivity contribution >= 4 is 17.8 Å². The Balaban J connectivity index is 2.61. The van der Waals surface area contributed by atoms with Crippen LogP contribution in [0, 0.1) is 0 Å². The summed E-state index contributed by atoms with van der Waals surface area (Å²) >= 11 is 1.28. The first-order valence-corrected chi connectivity index (χ1v) is 4.62. The summed E-state index contributed by atoms with van der Waals surface area (Å²) in [4.78, 5) is 0. The van der Waals surface area contributed by atoms with E-state index in [4.69, 9.17) is 0 Å². The Morgan fingerprint density at radius 3 is 2.92 bits per heavy atom. The molecule has 62 valence electrons. The lowest BCUT2D eigenvalue weighted by molar-refractivity contribution is 0.651. The van der Waals surface area contributed by atoms with E-state index in [-0.39, 0.29) is 5.41 Å². The Bertz CT molecular complexity index is 347. The van der Waals surface area contributed by atoms with Gasteiger partial charge in [-0.05, 0) is 6.08 Å². The summed E-state index contributed by atoms with van der Waals surface area (Å²) in [6.45, 7) is 4.30. The molecule has 0 bridgehead atoms. The van der Waals surface area contributed by atoms with Crippen molar-refractivity contribution in [2.75, 3.05) is 0 Å². The number of rotatable bonds is 0. The van der Waals surface area contributed by atoms with Crippen LogP contribution in [-0.4, -0.2) is 8.75 Å². The van der Waals surface area contributed by atoms with Gasteiger partial charge in [-0.2, -0.15) is 8.75 Å². The monoisotopic (exact) mass is 178 g/mol. The molecule has 0 atom stereocenters. The standard InChI is InChI=1S/C9H10N2S/c1-9(2)6-4-3-5-7-8(9)11-12-10-7/h3-6H,1-2H3. The third kappa shape index (κ3) is 1.10. The first-order valence-electron chi connectivity index (χ1n) is 3.89. The summed E-state index contributed by atoms with van der Waals surface area (Å²) in [7, 11) is 0. The van der Waals surface area contributed by atoms with Crippen molar-refractivity contribution in [3.05, 3.63) is 29.6 Å². The highest BCUT2D eigenvalue weighted by Gasteiger charge is 2.24. The van der Waals surface area contributed by atoms with E-state index in [0.29, 0.717) is 0 Å². The summed E-state index contributed by atoms with van der Waals surface area (Å²) in [6, 6.07) is 0. The number of nitrogens with zero attached hydrogens (tertiary/aromatic N) is 2. The molecule has 0 fully saturated rings. The minimum Gasteiger partial charge on any atom is -0.177 e. The predicted octanol–water partition coefficient (Wildman–Crippen LogP) is 2.40. The van der Waals surface area contributed by atoms with E-state index < -0.39 is 0 Å². The predicted molar refractivity (Wildman–Crippen MR) is 51.1 cm³/mol. The van der Waals surface area contributed by atoms with Gasteiger partial charge in [-0.25, -0.2) is 0 Å². The smallest absolute Gasteiger partial charge is 0.101 e. The van der Waals surface area contributed by atoms with Gasteiger partial charge in [0.15, 0.2) is 0 Å². The van der Waals surface area contributed by atoms with Crippen molar-refractivity contribution in [2.45, 2.75) is 19.3 Å². The highest BCUT2D eigenvalue weighted by Crippen LogP contribution is 2.28. The van der Waals surface area contributed by atoms with Crippen molar-refractivity contribution in [3.63, 3.8) is 0 Å². The van der Waals surface area contributed by atoms with E-state index >= 15 is 0 Å². The molecule has 1 aliphatic carbocycles. The maximum Gasteiger partial charge on any atom is 0.101 e. The fourth-order valence-electron chi connectivity index (χ4n) is 1.27. The second kappa shape index (κ2) is 2.52. The molecule has 1 aliphatic rings. The van der Waals surface area contributed by atoms with Crippen LogP contribution in [0.2, 0.25) is 0 Å². The van der Waals surface area contributed by atoms with Crippen molar-refractivity contribution in [3.8, 4) is 0 Å². The number of fused-ring (bicyclic) bond motifs is 1. The molecule has 1 heterocycles. The van der Waals surface area contributed by atoms with Gasteiger partial charge in [0.25, 0.3) is 0 Å². The first kappa shape index (κ1) is 7.68. The second-order valence-electron chi connectivity index (χ2n) is 3.44.